The fourth-order valence-electron chi connectivity index (χ4n) is 2.46. The Labute approximate surface area is 115 Å². The number of halogens is 2. The topological polar surface area (TPSA) is 28.7 Å². The van der Waals surface area contributed by atoms with E-state index in [4.69, 9.17) is 0 Å². The van der Waals surface area contributed by atoms with Crippen molar-refractivity contribution in [3.63, 3.8) is 0 Å². The van der Waals surface area contributed by atoms with Crippen LogP contribution in [-0.4, -0.2) is 9.97 Å². The third-order valence-corrected chi connectivity index (χ3v) is 3.48. The van der Waals surface area contributed by atoms with Gasteiger partial charge in [0.25, 0.3) is 0 Å². The number of fused-ring (bicyclic) bond motifs is 1. The molecule has 4 heteroatoms. The second kappa shape index (κ2) is 5.04. The van der Waals surface area contributed by atoms with Gasteiger partial charge in [0.15, 0.2) is 11.6 Å². The monoisotopic (exact) mass is 272 g/mol. The normalized spacial score (nSPS) is 12.8. The third-order valence-electron chi connectivity index (χ3n) is 3.48. The standard InChI is InChI=1S/C16H14F2N2/c1-2-11(10-6-4-3-5-7-10)16-19-14-8-12(17)13(18)9-15(14)20-16/h3-9,11H,2H2,1H3,(H,19,20). The van der Waals surface area contributed by atoms with E-state index in [0.29, 0.717) is 11.0 Å². The molecular formula is C16H14F2N2. The van der Waals surface area contributed by atoms with Crippen molar-refractivity contribution in [2.24, 2.45) is 0 Å². The highest BCUT2D eigenvalue weighted by Gasteiger charge is 2.17. The molecule has 20 heavy (non-hydrogen) atoms. The lowest BCUT2D eigenvalue weighted by atomic mass is 9.96. The van der Waals surface area contributed by atoms with Crippen LogP contribution in [0.15, 0.2) is 42.5 Å². The number of H-pyrrole nitrogens is 1. The minimum absolute atomic E-state index is 0.0923. The molecule has 0 aliphatic rings. The van der Waals surface area contributed by atoms with Crippen LogP contribution in [0.4, 0.5) is 8.78 Å². The molecule has 0 amide bonds. The third kappa shape index (κ3) is 2.18. The first-order chi connectivity index (χ1) is 9.69. The summed E-state index contributed by atoms with van der Waals surface area (Å²) in [6.07, 6.45) is 0.856. The number of nitrogens with one attached hydrogen (secondary N) is 1. The van der Waals surface area contributed by atoms with Crippen molar-refractivity contribution in [3.05, 3.63) is 65.5 Å². The van der Waals surface area contributed by atoms with Crippen molar-refractivity contribution in [2.75, 3.05) is 0 Å². The molecule has 1 N–H and O–H groups in total. The van der Waals surface area contributed by atoms with Gasteiger partial charge in [0, 0.05) is 18.1 Å². The van der Waals surface area contributed by atoms with Crippen LogP contribution in [0, 0.1) is 11.6 Å². The van der Waals surface area contributed by atoms with E-state index >= 15 is 0 Å². The molecule has 3 aromatic rings. The molecule has 0 saturated heterocycles. The zero-order chi connectivity index (χ0) is 14.1. The van der Waals surface area contributed by atoms with Crippen LogP contribution in [0.25, 0.3) is 11.0 Å². The Balaban J connectivity index is 2.09. The summed E-state index contributed by atoms with van der Waals surface area (Å²) in [7, 11) is 0. The van der Waals surface area contributed by atoms with Crippen molar-refractivity contribution >= 4 is 11.0 Å². The molecule has 102 valence electrons. The van der Waals surface area contributed by atoms with Crippen molar-refractivity contribution in [1.29, 1.82) is 0 Å². The Bertz CT molecular complexity index is 696. The van der Waals surface area contributed by atoms with E-state index in [1.54, 1.807) is 0 Å². The van der Waals surface area contributed by atoms with Crippen molar-refractivity contribution in [3.8, 4) is 0 Å². The predicted molar refractivity (Wildman–Crippen MR) is 74.6 cm³/mol. The maximum atomic E-state index is 13.2. The summed E-state index contributed by atoms with van der Waals surface area (Å²) < 4.78 is 26.5. The first kappa shape index (κ1) is 12.8. The average Bonchev–Trinajstić information content (AvgIpc) is 2.84. The second-order valence-corrected chi connectivity index (χ2v) is 4.78. The summed E-state index contributed by atoms with van der Waals surface area (Å²) in [6, 6.07) is 12.2. The van der Waals surface area contributed by atoms with Gasteiger partial charge in [-0.05, 0) is 12.0 Å². The minimum Gasteiger partial charge on any atom is -0.341 e. The largest absolute Gasteiger partial charge is 0.341 e. The predicted octanol–water partition coefficient (Wildman–Crippen LogP) is 4.38. The van der Waals surface area contributed by atoms with Gasteiger partial charge in [-0.3, -0.25) is 0 Å². The van der Waals surface area contributed by atoms with Crippen molar-refractivity contribution in [1.82, 2.24) is 9.97 Å². The lowest BCUT2D eigenvalue weighted by Crippen LogP contribution is -2.01. The van der Waals surface area contributed by atoms with Crippen molar-refractivity contribution < 1.29 is 8.78 Å². The smallest absolute Gasteiger partial charge is 0.161 e. The van der Waals surface area contributed by atoms with E-state index in [-0.39, 0.29) is 5.92 Å². The summed E-state index contributed by atoms with van der Waals surface area (Å²) in [6.45, 7) is 2.06. The van der Waals surface area contributed by atoms with Gasteiger partial charge in [0.1, 0.15) is 5.82 Å². The Morgan fingerprint density at radius 3 is 2.50 bits per heavy atom. The molecule has 0 aliphatic carbocycles. The van der Waals surface area contributed by atoms with Crippen LogP contribution in [0.2, 0.25) is 0 Å². The Kier molecular flexibility index (Phi) is 3.22. The molecule has 0 aliphatic heterocycles. The molecule has 2 aromatic carbocycles. The van der Waals surface area contributed by atoms with E-state index in [0.717, 1.165) is 29.9 Å². The van der Waals surface area contributed by atoms with Crippen molar-refractivity contribution in [2.45, 2.75) is 19.3 Å². The highest BCUT2D eigenvalue weighted by Crippen LogP contribution is 2.27. The number of aromatic amines is 1. The molecule has 0 bridgehead atoms. The maximum absolute atomic E-state index is 13.2. The van der Waals surface area contributed by atoms with Crippen LogP contribution >= 0.6 is 0 Å². The molecule has 0 spiro atoms. The van der Waals surface area contributed by atoms with E-state index in [2.05, 4.69) is 16.9 Å². The van der Waals surface area contributed by atoms with E-state index < -0.39 is 11.6 Å². The zero-order valence-electron chi connectivity index (χ0n) is 11.0. The van der Waals surface area contributed by atoms with Crippen LogP contribution in [0.1, 0.15) is 30.7 Å². The molecule has 1 aromatic heterocycles. The number of hydrogen-bond donors (Lipinski definition) is 1. The molecule has 2 nitrogen and oxygen atoms in total. The number of nitrogens with zero attached hydrogens (tertiary/aromatic N) is 1. The lowest BCUT2D eigenvalue weighted by molar-refractivity contribution is 0.510. The molecule has 0 saturated carbocycles. The van der Waals surface area contributed by atoms with Crippen LogP contribution < -0.4 is 0 Å². The van der Waals surface area contributed by atoms with Gasteiger partial charge in [0.05, 0.1) is 11.0 Å². The van der Waals surface area contributed by atoms with Gasteiger partial charge in [-0.1, -0.05) is 37.3 Å². The second-order valence-electron chi connectivity index (χ2n) is 4.78. The van der Waals surface area contributed by atoms with Crippen LogP contribution in [-0.2, 0) is 0 Å². The number of aromatic nitrogens is 2. The number of benzene rings is 2. The summed E-state index contributed by atoms with van der Waals surface area (Å²) in [5, 5.41) is 0. The summed E-state index contributed by atoms with van der Waals surface area (Å²) in [4.78, 5) is 7.50. The first-order valence-electron chi connectivity index (χ1n) is 6.58. The molecule has 1 unspecified atom stereocenters. The first-order valence-corrected chi connectivity index (χ1v) is 6.58. The average molecular weight is 272 g/mol. The summed E-state index contributed by atoms with van der Waals surface area (Å²) >= 11 is 0. The van der Waals surface area contributed by atoms with Crippen LogP contribution in [0.5, 0.6) is 0 Å². The van der Waals surface area contributed by atoms with Gasteiger partial charge in [-0.25, -0.2) is 13.8 Å². The lowest BCUT2D eigenvalue weighted by Gasteiger charge is -2.12. The van der Waals surface area contributed by atoms with Gasteiger partial charge < -0.3 is 4.98 Å². The maximum Gasteiger partial charge on any atom is 0.161 e. The highest BCUT2D eigenvalue weighted by atomic mass is 19.2. The van der Waals surface area contributed by atoms with Gasteiger partial charge >= 0.3 is 0 Å². The molecule has 1 atom stereocenters. The summed E-state index contributed by atoms with van der Waals surface area (Å²) in [5.41, 5.74) is 2.11. The number of rotatable bonds is 3. The molecule has 1 heterocycles. The Morgan fingerprint density at radius 1 is 1.10 bits per heavy atom. The minimum atomic E-state index is -0.872. The Morgan fingerprint density at radius 2 is 1.80 bits per heavy atom. The quantitative estimate of drug-likeness (QED) is 0.753. The van der Waals surface area contributed by atoms with E-state index in [1.165, 1.54) is 0 Å². The molecule has 3 rings (SSSR count). The number of hydrogen-bond acceptors (Lipinski definition) is 1. The van der Waals surface area contributed by atoms with Gasteiger partial charge in [-0.15, -0.1) is 0 Å². The van der Waals surface area contributed by atoms with Gasteiger partial charge in [0.2, 0.25) is 0 Å². The zero-order valence-corrected chi connectivity index (χ0v) is 11.0. The fraction of sp³-hybridized carbons (Fsp3) is 0.188. The van der Waals surface area contributed by atoms with E-state index in [9.17, 15) is 8.78 Å². The molecular weight excluding hydrogens is 258 g/mol. The van der Waals surface area contributed by atoms with Gasteiger partial charge in [-0.2, -0.15) is 0 Å². The summed E-state index contributed by atoms with van der Waals surface area (Å²) in [5.74, 6) is -0.905. The highest BCUT2D eigenvalue weighted by molar-refractivity contribution is 5.75. The fourth-order valence-corrected chi connectivity index (χ4v) is 2.46. The number of imidazole rings is 1. The Hall–Kier alpha value is -2.23. The van der Waals surface area contributed by atoms with E-state index in [1.807, 2.05) is 30.3 Å². The SMILES string of the molecule is CCC(c1ccccc1)c1nc2cc(F)c(F)cc2[nH]1. The molecule has 0 radical (unpaired) electrons. The van der Waals surface area contributed by atoms with Crippen LogP contribution in [0.3, 0.4) is 0 Å². The molecule has 0 fully saturated rings.